The second-order valence-corrected chi connectivity index (χ2v) is 4.18. The van der Waals surface area contributed by atoms with E-state index in [1.54, 1.807) is 11.3 Å². The van der Waals surface area contributed by atoms with Gasteiger partial charge in [-0.15, -0.1) is 11.3 Å². The van der Waals surface area contributed by atoms with Crippen LogP contribution in [-0.4, -0.2) is 6.67 Å². The van der Waals surface area contributed by atoms with Crippen molar-refractivity contribution in [2.24, 2.45) is 5.73 Å². The van der Waals surface area contributed by atoms with E-state index in [0.717, 1.165) is 5.56 Å². The molecular weight excluding hydrogens is 197 g/mol. The molecule has 2 N–H and O–H groups in total. The number of fused-ring (bicyclic) bond motifs is 1. The molecule has 0 amide bonds. The Morgan fingerprint density at radius 3 is 2.93 bits per heavy atom. The summed E-state index contributed by atoms with van der Waals surface area (Å²) in [6.45, 7) is -0.356. The molecule has 1 aromatic heterocycles. The van der Waals surface area contributed by atoms with Crippen molar-refractivity contribution in [1.29, 1.82) is 0 Å². The zero-order valence-electron chi connectivity index (χ0n) is 7.74. The summed E-state index contributed by atoms with van der Waals surface area (Å²) in [4.78, 5) is 0. The van der Waals surface area contributed by atoms with E-state index in [4.69, 9.17) is 5.73 Å². The number of benzene rings is 1. The number of hydrogen-bond acceptors (Lipinski definition) is 2. The van der Waals surface area contributed by atoms with Gasteiger partial charge in [0.05, 0.1) is 6.67 Å². The Morgan fingerprint density at radius 1 is 1.36 bits per heavy atom. The van der Waals surface area contributed by atoms with Crippen LogP contribution in [0, 0.1) is 0 Å². The first kappa shape index (κ1) is 9.62. The monoisotopic (exact) mass is 209 g/mol. The fourth-order valence-electron chi connectivity index (χ4n) is 1.56. The summed E-state index contributed by atoms with van der Waals surface area (Å²) in [7, 11) is 0. The van der Waals surface area contributed by atoms with Crippen molar-refractivity contribution in [2.75, 3.05) is 6.67 Å². The third kappa shape index (κ3) is 1.65. The number of halogens is 1. The van der Waals surface area contributed by atoms with Crippen LogP contribution < -0.4 is 5.73 Å². The standard InChI is InChI=1S/C11H12FNS/c12-6-5-10(13)9-7-14-11-4-2-1-3-8(9)11/h1-4,7,10H,5-6,13H2/t10-/m1/s1. The molecule has 0 spiro atoms. The molecule has 0 fully saturated rings. The Morgan fingerprint density at radius 2 is 2.14 bits per heavy atom. The van der Waals surface area contributed by atoms with Crippen molar-refractivity contribution in [3.63, 3.8) is 0 Å². The van der Waals surface area contributed by atoms with Crippen LogP contribution in [0.15, 0.2) is 29.6 Å². The largest absolute Gasteiger partial charge is 0.324 e. The van der Waals surface area contributed by atoms with Gasteiger partial charge in [-0.2, -0.15) is 0 Å². The fraction of sp³-hybridized carbons (Fsp3) is 0.273. The van der Waals surface area contributed by atoms with Gasteiger partial charge in [0.2, 0.25) is 0 Å². The molecule has 0 unspecified atom stereocenters. The predicted octanol–water partition coefficient (Wildman–Crippen LogP) is 3.26. The lowest BCUT2D eigenvalue weighted by Crippen LogP contribution is -2.10. The first-order valence-electron chi connectivity index (χ1n) is 4.60. The minimum Gasteiger partial charge on any atom is -0.324 e. The maximum Gasteiger partial charge on any atom is 0.0912 e. The van der Waals surface area contributed by atoms with Crippen LogP contribution >= 0.6 is 11.3 Å². The van der Waals surface area contributed by atoms with E-state index in [9.17, 15) is 4.39 Å². The molecule has 0 bridgehead atoms. The third-order valence-corrected chi connectivity index (χ3v) is 3.31. The first-order valence-corrected chi connectivity index (χ1v) is 5.48. The molecule has 0 saturated heterocycles. The molecule has 1 heterocycles. The number of thiophene rings is 1. The lowest BCUT2D eigenvalue weighted by molar-refractivity contribution is 0.443. The van der Waals surface area contributed by atoms with Gasteiger partial charge < -0.3 is 5.73 Å². The molecule has 1 atom stereocenters. The number of hydrogen-bond donors (Lipinski definition) is 1. The summed E-state index contributed by atoms with van der Waals surface area (Å²) in [5.41, 5.74) is 6.96. The maximum absolute atomic E-state index is 12.2. The van der Waals surface area contributed by atoms with Crippen LogP contribution in [0.1, 0.15) is 18.0 Å². The second kappa shape index (κ2) is 4.07. The predicted molar refractivity (Wildman–Crippen MR) is 59.3 cm³/mol. The van der Waals surface area contributed by atoms with E-state index in [1.165, 1.54) is 10.1 Å². The van der Waals surface area contributed by atoms with Crippen LogP contribution in [0.3, 0.4) is 0 Å². The summed E-state index contributed by atoms with van der Waals surface area (Å²) >= 11 is 1.67. The Labute approximate surface area is 86.4 Å². The van der Waals surface area contributed by atoms with E-state index in [2.05, 4.69) is 6.07 Å². The van der Waals surface area contributed by atoms with Gasteiger partial charge >= 0.3 is 0 Å². The maximum atomic E-state index is 12.2. The Kier molecular flexibility index (Phi) is 2.79. The second-order valence-electron chi connectivity index (χ2n) is 3.27. The topological polar surface area (TPSA) is 26.0 Å². The van der Waals surface area contributed by atoms with E-state index >= 15 is 0 Å². The molecule has 1 aromatic carbocycles. The van der Waals surface area contributed by atoms with Gasteiger partial charge in [-0.1, -0.05) is 18.2 Å². The fourth-order valence-corrected chi connectivity index (χ4v) is 2.58. The highest BCUT2D eigenvalue weighted by atomic mass is 32.1. The van der Waals surface area contributed by atoms with Gasteiger partial charge in [0, 0.05) is 10.7 Å². The summed E-state index contributed by atoms with van der Waals surface area (Å²) in [6.07, 6.45) is 0.403. The third-order valence-electron chi connectivity index (χ3n) is 2.33. The van der Waals surface area contributed by atoms with Gasteiger partial charge in [0.1, 0.15) is 0 Å². The highest BCUT2D eigenvalue weighted by molar-refractivity contribution is 7.17. The molecule has 0 aliphatic carbocycles. The number of rotatable bonds is 3. The van der Waals surface area contributed by atoms with E-state index in [1.807, 2.05) is 23.6 Å². The molecular formula is C11H12FNS. The van der Waals surface area contributed by atoms with Crippen molar-refractivity contribution in [2.45, 2.75) is 12.5 Å². The summed E-state index contributed by atoms with van der Waals surface area (Å²) in [5.74, 6) is 0. The molecule has 2 rings (SSSR count). The lowest BCUT2D eigenvalue weighted by Gasteiger charge is -2.07. The first-order chi connectivity index (χ1) is 6.83. The molecule has 1 nitrogen and oxygen atoms in total. The smallest absolute Gasteiger partial charge is 0.0912 e. The SMILES string of the molecule is N[C@H](CCF)c1csc2ccccc12. The Hall–Kier alpha value is -0.930. The van der Waals surface area contributed by atoms with Crippen molar-refractivity contribution < 1.29 is 4.39 Å². The molecule has 74 valence electrons. The van der Waals surface area contributed by atoms with Crippen LogP contribution in [0.25, 0.3) is 10.1 Å². The molecule has 0 saturated carbocycles. The molecule has 3 heteroatoms. The van der Waals surface area contributed by atoms with Gasteiger partial charge in [-0.3, -0.25) is 4.39 Å². The van der Waals surface area contributed by atoms with Crippen molar-refractivity contribution in [3.8, 4) is 0 Å². The zero-order valence-corrected chi connectivity index (χ0v) is 8.56. The van der Waals surface area contributed by atoms with E-state index in [0.29, 0.717) is 6.42 Å². The summed E-state index contributed by atoms with van der Waals surface area (Å²) in [6, 6.07) is 7.92. The quantitative estimate of drug-likeness (QED) is 0.825. The van der Waals surface area contributed by atoms with Crippen molar-refractivity contribution in [3.05, 3.63) is 35.2 Å². The zero-order chi connectivity index (χ0) is 9.97. The average molecular weight is 209 g/mol. The van der Waals surface area contributed by atoms with Gasteiger partial charge in [-0.05, 0) is 28.8 Å². The van der Waals surface area contributed by atoms with Crippen molar-refractivity contribution in [1.82, 2.24) is 0 Å². The van der Waals surface area contributed by atoms with E-state index < -0.39 is 0 Å². The van der Waals surface area contributed by atoms with Crippen molar-refractivity contribution >= 4 is 21.4 Å². The van der Waals surface area contributed by atoms with Gasteiger partial charge in [0.15, 0.2) is 0 Å². The minimum absolute atomic E-state index is 0.170. The molecule has 0 aliphatic rings. The minimum atomic E-state index is -0.356. The number of alkyl halides is 1. The van der Waals surface area contributed by atoms with Crippen LogP contribution in [-0.2, 0) is 0 Å². The highest BCUT2D eigenvalue weighted by Crippen LogP contribution is 2.30. The number of nitrogens with two attached hydrogens (primary N) is 1. The van der Waals surface area contributed by atoms with Crippen LogP contribution in [0.5, 0.6) is 0 Å². The summed E-state index contributed by atoms with van der Waals surface area (Å²) < 4.78 is 13.4. The average Bonchev–Trinajstić information content (AvgIpc) is 2.61. The Bertz CT molecular complexity index is 424. The normalized spacial score (nSPS) is 13.3. The molecule has 0 aliphatic heterocycles. The Balaban J connectivity index is 2.42. The lowest BCUT2D eigenvalue weighted by atomic mass is 10.0. The van der Waals surface area contributed by atoms with Crippen LogP contribution in [0.2, 0.25) is 0 Å². The molecule has 14 heavy (non-hydrogen) atoms. The highest BCUT2D eigenvalue weighted by Gasteiger charge is 2.10. The van der Waals surface area contributed by atoms with Gasteiger partial charge in [-0.25, -0.2) is 0 Å². The molecule has 2 aromatic rings. The van der Waals surface area contributed by atoms with Crippen LogP contribution in [0.4, 0.5) is 4.39 Å². The van der Waals surface area contributed by atoms with Gasteiger partial charge in [0.25, 0.3) is 0 Å². The van der Waals surface area contributed by atoms with E-state index in [-0.39, 0.29) is 12.7 Å². The molecule has 0 radical (unpaired) electrons. The summed E-state index contributed by atoms with van der Waals surface area (Å²) in [5, 5.41) is 3.20.